The third-order valence-electron chi connectivity index (χ3n) is 8.86. The van der Waals surface area contributed by atoms with Crippen LogP contribution in [-0.2, 0) is 4.79 Å². The van der Waals surface area contributed by atoms with Gasteiger partial charge in [0.2, 0.25) is 0 Å². The summed E-state index contributed by atoms with van der Waals surface area (Å²) in [5.41, 5.74) is 14.1. The molecule has 4 heteroatoms. The maximum Gasteiger partial charge on any atom is 0.185 e. The third kappa shape index (κ3) is 2.86. The van der Waals surface area contributed by atoms with Crippen molar-refractivity contribution in [3.63, 3.8) is 0 Å². The average Bonchev–Trinajstić information content (AvgIpc) is 3.23. The van der Waals surface area contributed by atoms with Gasteiger partial charge < -0.3 is 11.5 Å². The number of Topliss-reactive ketones (excluding diaryl/α,β-unsaturated/α-hetero) is 1. The highest BCUT2D eigenvalue weighted by atomic mass is 16.1. The zero-order valence-electron chi connectivity index (χ0n) is 17.2. The van der Waals surface area contributed by atoms with Crippen LogP contribution >= 0.6 is 0 Å². The van der Waals surface area contributed by atoms with Crippen LogP contribution in [0.4, 0.5) is 0 Å². The van der Waals surface area contributed by atoms with Crippen molar-refractivity contribution in [3.05, 3.63) is 11.1 Å². The number of carbonyl (C=O) groups excluding carboxylic acids is 1. The van der Waals surface area contributed by atoms with Gasteiger partial charge in [0, 0.05) is 18.4 Å². The molecule has 4 rings (SSSR count). The van der Waals surface area contributed by atoms with Crippen molar-refractivity contribution in [2.75, 3.05) is 6.54 Å². The molecule has 0 unspecified atom stereocenters. The molecule has 0 saturated heterocycles. The van der Waals surface area contributed by atoms with E-state index in [-0.39, 0.29) is 16.8 Å². The van der Waals surface area contributed by atoms with Gasteiger partial charge in [0.25, 0.3) is 0 Å². The second kappa shape index (κ2) is 6.93. The van der Waals surface area contributed by atoms with E-state index in [1.54, 1.807) is 5.57 Å². The molecule has 0 amide bonds. The quantitative estimate of drug-likeness (QED) is 0.414. The number of carbonyl (C=O) groups is 1. The first-order chi connectivity index (χ1) is 12.9. The SMILES string of the molecule is CC1(C)[C@@H]2CC[C@@H](C3CCCC3)[C@]13CC(=O)C(CCCCN=C(N)N)=C3C2. The lowest BCUT2D eigenvalue weighted by Gasteiger charge is -2.54. The van der Waals surface area contributed by atoms with Gasteiger partial charge in [-0.2, -0.15) is 0 Å². The number of rotatable bonds is 6. The van der Waals surface area contributed by atoms with E-state index in [0.717, 1.165) is 43.4 Å². The maximum absolute atomic E-state index is 13.2. The Labute approximate surface area is 164 Å². The number of aliphatic imine (C=N–C) groups is 1. The molecule has 4 aliphatic carbocycles. The van der Waals surface area contributed by atoms with Gasteiger partial charge in [-0.25, -0.2) is 0 Å². The van der Waals surface area contributed by atoms with Crippen molar-refractivity contribution in [2.45, 2.75) is 84.5 Å². The lowest BCUT2D eigenvalue weighted by Crippen LogP contribution is -2.48. The lowest BCUT2D eigenvalue weighted by atomic mass is 9.50. The van der Waals surface area contributed by atoms with Crippen molar-refractivity contribution in [3.8, 4) is 0 Å². The zero-order valence-corrected chi connectivity index (χ0v) is 17.2. The minimum atomic E-state index is 0.165. The van der Waals surface area contributed by atoms with Crippen LogP contribution in [0.3, 0.4) is 0 Å². The first-order valence-electron chi connectivity index (χ1n) is 11.2. The molecule has 4 aliphatic rings. The van der Waals surface area contributed by atoms with Crippen LogP contribution in [0.25, 0.3) is 0 Å². The van der Waals surface area contributed by atoms with E-state index >= 15 is 0 Å². The highest BCUT2D eigenvalue weighted by Crippen LogP contribution is 2.74. The van der Waals surface area contributed by atoms with Gasteiger partial charge >= 0.3 is 0 Å². The third-order valence-corrected chi connectivity index (χ3v) is 8.86. The number of hydrogen-bond donors (Lipinski definition) is 2. The normalized spacial score (nSPS) is 35.0. The Morgan fingerprint density at radius 1 is 1.11 bits per heavy atom. The van der Waals surface area contributed by atoms with Gasteiger partial charge in [0.15, 0.2) is 11.7 Å². The first-order valence-corrected chi connectivity index (χ1v) is 11.2. The minimum Gasteiger partial charge on any atom is -0.370 e. The van der Waals surface area contributed by atoms with Crippen molar-refractivity contribution in [1.29, 1.82) is 0 Å². The predicted molar refractivity (Wildman–Crippen MR) is 110 cm³/mol. The van der Waals surface area contributed by atoms with Gasteiger partial charge in [-0.05, 0) is 67.3 Å². The highest BCUT2D eigenvalue weighted by molar-refractivity contribution is 6.00. The molecule has 4 N–H and O–H groups in total. The van der Waals surface area contributed by atoms with Crippen LogP contribution in [-0.4, -0.2) is 18.3 Å². The molecule has 3 saturated carbocycles. The number of nitrogens with zero attached hydrogens (tertiary/aromatic N) is 1. The van der Waals surface area contributed by atoms with Crippen LogP contribution in [0.1, 0.15) is 84.5 Å². The summed E-state index contributed by atoms with van der Waals surface area (Å²) in [6, 6.07) is 0. The van der Waals surface area contributed by atoms with Gasteiger partial charge in [-0.1, -0.05) is 45.1 Å². The fraction of sp³-hybridized carbons (Fsp3) is 0.826. The second-order valence-corrected chi connectivity index (χ2v) is 10.1. The lowest BCUT2D eigenvalue weighted by molar-refractivity contribution is -0.121. The monoisotopic (exact) mass is 371 g/mol. The molecule has 2 bridgehead atoms. The summed E-state index contributed by atoms with van der Waals surface area (Å²) in [6.07, 6.45) is 13.2. The topological polar surface area (TPSA) is 81.5 Å². The Balaban J connectivity index is 1.60. The molecule has 150 valence electrons. The molecule has 0 heterocycles. The summed E-state index contributed by atoms with van der Waals surface area (Å²) < 4.78 is 0. The number of hydrogen-bond acceptors (Lipinski definition) is 2. The Bertz CT molecular complexity index is 667. The van der Waals surface area contributed by atoms with Crippen molar-refractivity contribution in [1.82, 2.24) is 0 Å². The van der Waals surface area contributed by atoms with Crippen LogP contribution in [0, 0.1) is 28.6 Å². The van der Waals surface area contributed by atoms with Crippen LogP contribution in [0.15, 0.2) is 16.1 Å². The number of ketones is 1. The second-order valence-electron chi connectivity index (χ2n) is 10.1. The molecule has 3 atom stereocenters. The van der Waals surface area contributed by atoms with Gasteiger partial charge in [-0.3, -0.25) is 9.79 Å². The summed E-state index contributed by atoms with van der Waals surface area (Å²) in [4.78, 5) is 17.3. The van der Waals surface area contributed by atoms with Crippen LogP contribution < -0.4 is 11.5 Å². The van der Waals surface area contributed by atoms with E-state index in [0.29, 0.717) is 12.3 Å². The molecular formula is C23H37N3O. The molecule has 0 aromatic heterocycles. The molecule has 0 aromatic rings. The number of allylic oxidation sites excluding steroid dienone is 2. The fourth-order valence-corrected chi connectivity index (χ4v) is 7.52. The number of guanidine groups is 1. The first kappa shape index (κ1) is 19.0. The van der Waals surface area contributed by atoms with Gasteiger partial charge in [0.1, 0.15) is 0 Å². The molecule has 0 aliphatic heterocycles. The largest absolute Gasteiger partial charge is 0.370 e. The van der Waals surface area contributed by atoms with E-state index in [2.05, 4.69) is 18.8 Å². The van der Waals surface area contributed by atoms with Gasteiger partial charge in [-0.15, -0.1) is 0 Å². The standard InChI is InChI=1S/C23H37N3O/c1-22(2)16-10-11-18(15-7-3-4-8-15)23(22)14-20(27)17(19(23)13-16)9-5-6-12-26-21(24)25/h15-16,18H,3-14H2,1-2H3,(H4,24,25,26)/t16-,18+,23+/m1/s1. The summed E-state index contributed by atoms with van der Waals surface area (Å²) in [5, 5.41) is 0. The molecule has 0 aromatic carbocycles. The molecule has 4 nitrogen and oxygen atoms in total. The molecule has 27 heavy (non-hydrogen) atoms. The average molecular weight is 372 g/mol. The predicted octanol–water partition coefficient (Wildman–Crippen LogP) is 4.33. The van der Waals surface area contributed by atoms with E-state index in [1.165, 1.54) is 50.5 Å². The van der Waals surface area contributed by atoms with Crippen LogP contribution in [0.2, 0.25) is 0 Å². The minimum absolute atomic E-state index is 0.165. The summed E-state index contributed by atoms with van der Waals surface area (Å²) >= 11 is 0. The van der Waals surface area contributed by atoms with Crippen molar-refractivity contribution >= 4 is 11.7 Å². The van der Waals surface area contributed by atoms with E-state index in [4.69, 9.17) is 11.5 Å². The molecule has 1 spiro atoms. The van der Waals surface area contributed by atoms with Crippen LogP contribution in [0.5, 0.6) is 0 Å². The maximum atomic E-state index is 13.2. The highest BCUT2D eigenvalue weighted by Gasteiger charge is 2.67. The number of fused-ring (bicyclic) bond motifs is 1. The van der Waals surface area contributed by atoms with Gasteiger partial charge in [0.05, 0.1) is 0 Å². The van der Waals surface area contributed by atoms with E-state index in [1.807, 2.05) is 0 Å². The Morgan fingerprint density at radius 3 is 2.56 bits per heavy atom. The Morgan fingerprint density at radius 2 is 1.85 bits per heavy atom. The summed E-state index contributed by atoms with van der Waals surface area (Å²) in [7, 11) is 0. The molecular weight excluding hydrogens is 334 g/mol. The number of unbranched alkanes of at least 4 members (excludes halogenated alkanes) is 1. The summed E-state index contributed by atoms with van der Waals surface area (Å²) in [5.74, 6) is 3.00. The number of nitrogens with two attached hydrogens (primary N) is 2. The van der Waals surface area contributed by atoms with E-state index < -0.39 is 0 Å². The fourth-order valence-electron chi connectivity index (χ4n) is 7.52. The summed E-state index contributed by atoms with van der Waals surface area (Å²) in [6.45, 7) is 5.64. The van der Waals surface area contributed by atoms with E-state index in [9.17, 15) is 4.79 Å². The smallest absolute Gasteiger partial charge is 0.185 e. The van der Waals surface area contributed by atoms with Crippen molar-refractivity contribution < 1.29 is 4.79 Å². The Kier molecular flexibility index (Phi) is 4.88. The molecule has 0 radical (unpaired) electrons. The molecule has 3 fully saturated rings. The zero-order chi connectivity index (χ0) is 19.2. The Hall–Kier alpha value is -1.32. The van der Waals surface area contributed by atoms with Crippen molar-refractivity contribution in [2.24, 2.45) is 45.0 Å².